The molecule has 2 aromatic carbocycles. The molecule has 0 radical (unpaired) electrons. The van der Waals surface area contributed by atoms with Crippen LogP contribution in [0.15, 0.2) is 54.6 Å². The fourth-order valence-corrected chi connectivity index (χ4v) is 5.47. The van der Waals surface area contributed by atoms with E-state index in [2.05, 4.69) is 66.4 Å². The Balaban J connectivity index is 1.23. The van der Waals surface area contributed by atoms with E-state index in [0.717, 1.165) is 63.2 Å². The third-order valence-corrected chi connectivity index (χ3v) is 7.52. The molecule has 1 aliphatic carbocycles. The summed E-state index contributed by atoms with van der Waals surface area (Å²) in [7, 11) is 0. The van der Waals surface area contributed by atoms with Gasteiger partial charge >= 0.3 is 0 Å². The molecular formula is C28H39NO2. The minimum atomic E-state index is -0.640. The van der Waals surface area contributed by atoms with Gasteiger partial charge in [0.25, 0.3) is 0 Å². The van der Waals surface area contributed by atoms with Gasteiger partial charge in [-0.15, -0.1) is 0 Å². The Morgan fingerprint density at radius 2 is 1.61 bits per heavy atom. The summed E-state index contributed by atoms with van der Waals surface area (Å²) in [5, 5.41) is 11.9. The molecule has 1 heterocycles. The summed E-state index contributed by atoms with van der Waals surface area (Å²) >= 11 is 0. The average molecular weight is 422 g/mol. The van der Waals surface area contributed by atoms with Gasteiger partial charge in [0.05, 0.1) is 12.2 Å². The van der Waals surface area contributed by atoms with Crippen molar-refractivity contribution in [2.45, 2.75) is 63.9 Å². The van der Waals surface area contributed by atoms with Crippen molar-refractivity contribution in [1.82, 2.24) is 4.90 Å². The lowest BCUT2D eigenvalue weighted by atomic mass is 9.62. The molecule has 1 saturated heterocycles. The van der Waals surface area contributed by atoms with Crippen LogP contribution in [0.1, 0.15) is 63.0 Å². The van der Waals surface area contributed by atoms with Crippen LogP contribution in [-0.2, 0) is 12.0 Å². The Morgan fingerprint density at radius 3 is 2.23 bits per heavy atom. The van der Waals surface area contributed by atoms with Crippen LogP contribution >= 0.6 is 0 Å². The van der Waals surface area contributed by atoms with Gasteiger partial charge in [-0.25, -0.2) is 0 Å². The van der Waals surface area contributed by atoms with E-state index >= 15 is 0 Å². The first-order valence-electron chi connectivity index (χ1n) is 12.4. The molecule has 2 fully saturated rings. The standard InChI is InChI=1S/C28H39NO2/c1-2-8-23-13-15-27(16-14-23)31-22-7-19-29-20-17-26(18-21-29)28(30,25-11-6-12-25)24-9-4-3-5-10-24/h3-5,9-10,13-16,25-26,30H,2,6-8,11-12,17-22H2,1H3. The molecule has 1 atom stereocenters. The zero-order chi connectivity index (χ0) is 21.5. The first-order valence-corrected chi connectivity index (χ1v) is 12.4. The molecule has 3 heteroatoms. The van der Waals surface area contributed by atoms with Crippen molar-refractivity contribution in [2.24, 2.45) is 11.8 Å². The maximum Gasteiger partial charge on any atom is 0.119 e. The smallest absolute Gasteiger partial charge is 0.119 e. The molecule has 31 heavy (non-hydrogen) atoms. The van der Waals surface area contributed by atoms with Crippen LogP contribution in [0.25, 0.3) is 0 Å². The Labute approximate surface area is 188 Å². The number of likely N-dealkylation sites (tertiary alicyclic amines) is 1. The Kier molecular flexibility index (Phi) is 7.68. The second-order valence-corrected chi connectivity index (χ2v) is 9.53. The van der Waals surface area contributed by atoms with Crippen molar-refractivity contribution >= 4 is 0 Å². The average Bonchev–Trinajstić information content (AvgIpc) is 2.78. The van der Waals surface area contributed by atoms with E-state index in [1.165, 1.54) is 31.2 Å². The van der Waals surface area contributed by atoms with Gasteiger partial charge < -0.3 is 14.7 Å². The third-order valence-electron chi connectivity index (χ3n) is 7.52. The molecule has 1 saturated carbocycles. The SMILES string of the molecule is CCCc1ccc(OCCCN2CCC(C(O)(c3ccccc3)C3CCC3)CC2)cc1. The minimum Gasteiger partial charge on any atom is -0.494 e. The highest BCUT2D eigenvalue weighted by atomic mass is 16.5. The van der Waals surface area contributed by atoms with Crippen LogP contribution in [0.5, 0.6) is 5.75 Å². The summed E-state index contributed by atoms with van der Waals surface area (Å²) < 4.78 is 5.95. The molecular weight excluding hydrogens is 382 g/mol. The Morgan fingerprint density at radius 1 is 0.935 bits per heavy atom. The molecule has 4 rings (SSSR count). The maximum atomic E-state index is 11.9. The lowest BCUT2D eigenvalue weighted by Crippen LogP contribution is -2.49. The van der Waals surface area contributed by atoms with Crippen molar-refractivity contribution in [3.05, 3.63) is 65.7 Å². The van der Waals surface area contributed by atoms with E-state index in [9.17, 15) is 5.11 Å². The number of piperidine rings is 1. The van der Waals surface area contributed by atoms with Crippen LogP contribution in [-0.4, -0.2) is 36.2 Å². The highest BCUT2D eigenvalue weighted by molar-refractivity contribution is 5.27. The Bertz CT molecular complexity index is 778. The number of rotatable bonds is 10. The van der Waals surface area contributed by atoms with Gasteiger partial charge in [0.2, 0.25) is 0 Å². The van der Waals surface area contributed by atoms with Crippen molar-refractivity contribution in [3.8, 4) is 5.75 Å². The van der Waals surface area contributed by atoms with Gasteiger partial charge in [-0.2, -0.15) is 0 Å². The zero-order valence-electron chi connectivity index (χ0n) is 19.1. The van der Waals surface area contributed by atoms with E-state index in [0.29, 0.717) is 11.8 Å². The summed E-state index contributed by atoms with van der Waals surface area (Å²) in [6, 6.07) is 19.0. The summed E-state index contributed by atoms with van der Waals surface area (Å²) in [6.07, 6.45) is 9.14. The summed E-state index contributed by atoms with van der Waals surface area (Å²) in [5.41, 5.74) is 1.88. The highest BCUT2D eigenvalue weighted by Gasteiger charge is 2.47. The van der Waals surface area contributed by atoms with Gasteiger partial charge in [0.1, 0.15) is 5.75 Å². The first-order chi connectivity index (χ1) is 15.2. The highest BCUT2D eigenvalue weighted by Crippen LogP contribution is 2.49. The molecule has 0 bridgehead atoms. The number of hydrogen-bond acceptors (Lipinski definition) is 3. The molecule has 0 amide bonds. The molecule has 1 aliphatic heterocycles. The summed E-state index contributed by atoms with van der Waals surface area (Å²) in [4.78, 5) is 2.55. The van der Waals surface area contributed by atoms with E-state index in [-0.39, 0.29) is 0 Å². The number of benzene rings is 2. The molecule has 168 valence electrons. The topological polar surface area (TPSA) is 32.7 Å². The molecule has 2 aliphatic rings. The van der Waals surface area contributed by atoms with Crippen LogP contribution in [0.4, 0.5) is 0 Å². The van der Waals surface area contributed by atoms with E-state index in [1.807, 2.05) is 0 Å². The number of aryl methyl sites for hydroxylation is 1. The van der Waals surface area contributed by atoms with Crippen LogP contribution in [0.3, 0.4) is 0 Å². The monoisotopic (exact) mass is 421 g/mol. The summed E-state index contributed by atoms with van der Waals surface area (Å²) in [6.45, 7) is 6.22. The number of aliphatic hydroxyl groups is 1. The lowest BCUT2D eigenvalue weighted by Gasteiger charge is -2.49. The van der Waals surface area contributed by atoms with Crippen LogP contribution < -0.4 is 4.74 Å². The summed E-state index contributed by atoms with van der Waals surface area (Å²) in [5.74, 6) is 1.78. The third kappa shape index (κ3) is 5.32. The van der Waals surface area contributed by atoms with E-state index < -0.39 is 5.60 Å². The number of ether oxygens (including phenoxy) is 1. The first kappa shape index (κ1) is 22.4. The molecule has 2 aromatic rings. The molecule has 0 aromatic heterocycles. The fourth-order valence-electron chi connectivity index (χ4n) is 5.47. The zero-order valence-corrected chi connectivity index (χ0v) is 19.1. The molecule has 3 nitrogen and oxygen atoms in total. The predicted octanol–water partition coefficient (Wildman–Crippen LogP) is 5.81. The van der Waals surface area contributed by atoms with Gasteiger partial charge in [0, 0.05) is 6.54 Å². The maximum absolute atomic E-state index is 11.9. The largest absolute Gasteiger partial charge is 0.494 e. The van der Waals surface area contributed by atoms with Crippen LogP contribution in [0.2, 0.25) is 0 Å². The van der Waals surface area contributed by atoms with Crippen molar-refractivity contribution < 1.29 is 9.84 Å². The number of hydrogen-bond donors (Lipinski definition) is 1. The van der Waals surface area contributed by atoms with Gasteiger partial charge in [0.15, 0.2) is 0 Å². The normalized spacial score (nSPS) is 20.2. The second kappa shape index (κ2) is 10.7. The molecule has 1 unspecified atom stereocenters. The van der Waals surface area contributed by atoms with E-state index in [4.69, 9.17) is 4.74 Å². The van der Waals surface area contributed by atoms with Gasteiger partial charge in [-0.3, -0.25) is 0 Å². The quantitative estimate of drug-likeness (QED) is 0.492. The lowest BCUT2D eigenvalue weighted by molar-refractivity contribution is -0.118. The van der Waals surface area contributed by atoms with Crippen molar-refractivity contribution in [1.29, 1.82) is 0 Å². The van der Waals surface area contributed by atoms with E-state index in [1.54, 1.807) is 0 Å². The Hall–Kier alpha value is -1.84. The fraction of sp³-hybridized carbons (Fsp3) is 0.571. The predicted molar refractivity (Wildman–Crippen MR) is 127 cm³/mol. The van der Waals surface area contributed by atoms with Crippen LogP contribution in [0, 0.1) is 11.8 Å². The number of nitrogens with zero attached hydrogens (tertiary/aromatic N) is 1. The van der Waals surface area contributed by atoms with Crippen molar-refractivity contribution in [2.75, 3.05) is 26.2 Å². The minimum absolute atomic E-state index is 0.370. The van der Waals surface area contributed by atoms with Gasteiger partial charge in [-0.1, -0.05) is 62.2 Å². The molecule has 1 N–H and O–H groups in total. The van der Waals surface area contributed by atoms with Gasteiger partial charge in [-0.05, 0) is 86.7 Å². The molecule has 0 spiro atoms. The second-order valence-electron chi connectivity index (χ2n) is 9.53. The van der Waals surface area contributed by atoms with Crippen molar-refractivity contribution in [3.63, 3.8) is 0 Å².